The zero-order valence-corrected chi connectivity index (χ0v) is 19.5. The molecule has 0 spiro atoms. The highest BCUT2D eigenvalue weighted by Gasteiger charge is 2.26. The first-order valence-electron chi connectivity index (χ1n) is 10.3. The van der Waals surface area contributed by atoms with E-state index in [1.165, 1.54) is 31.6 Å². The normalized spacial score (nSPS) is 12.6. The average molecular weight is 450 g/mol. The van der Waals surface area contributed by atoms with Crippen molar-refractivity contribution in [3.63, 3.8) is 0 Å². The first-order chi connectivity index (χ1) is 14.7. The number of carbonyl (C=O) groups excluding carboxylic acids is 1. The van der Waals surface area contributed by atoms with Crippen LogP contribution in [0.2, 0.25) is 0 Å². The van der Waals surface area contributed by atoms with Crippen molar-refractivity contribution in [2.45, 2.75) is 38.6 Å². The van der Waals surface area contributed by atoms with E-state index in [0.29, 0.717) is 24.7 Å². The van der Waals surface area contributed by atoms with Gasteiger partial charge in [-0.05, 0) is 49.6 Å². The second-order valence-electron chi connectivity index (χ2n) is 7.31. The van der Waals surface area contributed by atoms with Crippen molar-refractivity contribution < 1.29 is 22.7 Å². The molecule has 0 aliphatic heterocycles. The van der Waals surface area contributed by atoms with Crippen molar-refractivity contribution in [1.29, 1.82) is 0 Å². The SMILES string of the molecule is CCOc1ccc(C(NC(=O)CN(C)S(=O)(=O)c2cccnc2)C(C)C)cc1OCC. The Bertz CT molecular complexity index is 964. The summed E-state index contributed by atoms with van der Waals surface area (Å²) < 4.78 is 37.6. The van der Waals surface area contributed by atoms with Gasteiger partial charge in [-0.15, -0.1) is 0 Å². The number of pyridine rings is 1. The highest BCUT2D eigenvalue weighted by atomic mass is 32.2. The maximum absolute atomic E-state index is 12.7. The number of likely N-dealkylation sites (N-methyl/N-ethyl adjacent to an activating group) is 1. The zero-order chi connectivity index (χ0) is 23.0. The summed E-state index contributed by atoms with van der Waals surface area (Å²) in [5.74, 6) is 0.916. The molecular weight excluding hydrogens is 418 g/mol. The topological polar surface area (TPSA) is 97.8 Å². The number of benzene rings is 1. The first kappa shape index (κ1) is 24.6. The van der Waals surface area contributed by atoms with Gasteiger partial charge < -0.3 is 14.8 Å². The summed E-state index contributed by atoms with van der Waals surface area (Å²) in [6.45, 7) is 8.45. The molecule has 1 atom stereocenters. The van der Waals surface area contributed by atoms with Gasteiger partial charge in [-0.1, -0.05) is 19.9 Å². The van der Waals surface area contributed by atoms with E-state index < -0.39 is 15.9 Å². The van der Waals surface area contributed by atoms with E-state index in [-0.39, 0.29) is 23.4 Å². The molecule has 1 heterocycles. The van der Waals surface area contributed by atoms with Crippen LogP contribution in [-0.2, 0) is 14.8 Å². The van der Waals surface area contributed by atoms with Crippen LogP contribution in [0.4, 0.5) is 0 Å². The molecule has 2 aromatic rings. The third kappa shape index (κ3) is 6.41. The van der Waals surface area contributed by atoms with Crippen LogP contribution >= 0.6 is 0 Å². The summed E-state index contributed by atoms with van der Waals surface area (Å²) in [4.78, 5) is 16.6. The van der Waals surface area contributed by atoms with Crippen LogP contribution in [-0.4, -0.2) is 50.4 Å². The number of aromatic nitrogens is 1. The van der Waals surface area contributed by atoms with Crippen LogP contribution in [0.3, 0.4) is 0 Å². The maximum atomic E-state index is 12.7. The molecule has 0 fully saturated rings. The Balaban J connectivity index is 2.18. The highest BCUT2D eigenvalue weighted by molar-refractivity contribution is 7.89. The predicted octanol–water partition coefficient (Wildman–Crippen LogP) is 3.01. The molecule has 0 saturated heterocycles. The molecule has 0 saturated carbocycles. The van der Waals surface area contributed by atoms with Crippen LogP contribution in [0.15, 0.2) is 47.6 Å². The lowest BCUT2D eigenvalue weighted by molar-refractivity contribution is -0.122. The Morgan fingerprint density at radius 3 is 2.39 bits per heavy atom. The third-order valence-corrected chi connectivity index (χ3v) is 6.41. The molecule has 0 aliphatic carbocycles. The minimum Gasteiger partial charge on any atom is -0.490 e. The van der Waals surface area contributed by atoms with Gasteiger partial charge in [-0.3, -0.25) is 9.78 Å². The van der Waals surface area contributed by atoms with Gasteiger partial charge in [-0.25, -0.2) is 8.42 Å². The largest absolute Gasteiger partial charge is 0.490 e. The molecular formula is C22H31N3O5S. The molecule has 1 aromatic heterocycles. The lowest BCUT2D eigenvalue weighted by atomic mass is 9.95. The number of nitrogens with one attached hydrogen (secondary N) is 1. The van der Waals surface area contributed by atoms with Crippen molar-refractivity contribution in [2.24, 2.45) is 5.92 Å². The number of sulfonamides is 1. The average Bonchev–Trinajstić information content (AvgIpc) is 2.74. The van der Waals surface area contributed by atoms with Gasteiger partial charge in [0.15, 0.2) is 11.5 Å². The molecule has 0 radical (unpaired) electrons. The lowest BCUT2D eigenvalue weighted by Gasteiger charge is -2.25. The van der Waals surface area contributed by atoms with E-state index in [1.54, 1.807) is 0 Å². The molecule has 1 unspecified atom stereocenters. The number of ether oxygens (including phenoxy) is 2. The minimum atomic E-state index is -3.81. The predicted molar refractivity (Wildman–Crippen MR) is 119 cm³/mol. The van der Waals surface area contributed by atoms with Crippen molar-refractivity contribution in [2.75, 3.05) is 26.8 Å². The summed E-state index contributed by atoms with van der Waals surface area (Å²) in [6, 6.07) is 8.23. The molecule has 1 amide bonds. The lowest BCUT2D eigenvalue weighted by Crippen LogP contribution is -2.41. The van der Waals surface area contributed by atoms with E-state index in [4.69, 9.17) is 9.47 Å². The second-order valence-corrected chi connectivity index (χ2v) is 9.36. The number of hydrogen-bond acceptors (Lipinski definition) is 6. The molecule has 1 aromatic carbocycles. The summed E-state index contributed by atoms with van der Waals surface area (Å²) >= 11 is 0. The van der Waals surface area contributed by atoms with Crippen molar-refractivity contribution in [3.05, 3.63) is 48.3 Å². The van der Waals surface area contributed by atoms with E-state index in [1.807, 2.05) is 45.9 Å². The molecule has 1 N–H and O–H groups in total. The standard InChI is InChI=1S/C22H31N3O5S/c1-6-29-19-11-10-17(13-20(19)30-7-2)22(16(3)4)24-21(26)15-25(5)31(27,28)18-9-8-12-23-14-18/h8-14,16,22H,6-7,15H2,1-5H3,(H,24,26). The van der Waals surface area contributed by atoms with Crippen LogP contribution in [0.25, 0.3) is 0 Å². The summed E-state index contributed by atoms with van der Waals surface area (Å²) in [7, 11) is -2.44. The summed E-state index contributed by atoms with van der Waals surface area (Å²) in [5, 5.41) is 2.95. The Morgan fingerprint density at radius 1 is 1.13 bits per heavy atom. The van der Waals surface area contributed by atoms with Gasteiger partial charge >= 0.3 is 0 Å². The fourth-order valence-corrected chi connectivity index (χ4v) is 4.17. The Labute approximate surface area is 184 Å². The number of hydrogen-bond donors (Lipinski definition) is 1. The zero-order valence-electron chi connectivity index (χ0n) is 18.7. The highest BCUT2D eigenvalue weighted by Crippen LogP contribution is 2.33. The van der Waals surface area contributed by atoms with Gasteiger partial charge in [-0.2, -0.15) is 4.31 Å². The number of amides is 1. The smallest absolute Gasteiger partial charge is 0.244 e. The molecule has 170 valence electrons. The van der Waals surface area contributed by atoms with Gasteiger partial charge in [0, 0.05) is 19.4 Å². The van der Waals surface area contributed by atoms with E-state index >= 15 is 0 Å². The van der Waals surface area contributed by atoms with Crippen LogP contribution < -0.4 is 14.8 Å². The Morgan fingerprint density at radius 2 is 1.81 bits per heavy atom. The molecule has 9 heteroatoms. The van der Waals surface area contributed by atoms with Gasteiger partial charge in [0.2, 0.25) is 15.9 Å². The van der Waals surface area contributed by atoms with Gasteiger partial charge in [0.25, 0.3) is 0 Å². The first-order valence-corrected chi connectivity index (χ1v) is 11.7. The Kier molecular flexibility index (Phi) is 8.82. The molecule has 0 bridgehead atoms. The summed E-state index contributed by atoms with van der Waals surface area (Å²) in [5.41, 5.74) is 0.855. The molecule has 0 aliphatic rings. The molecule has 31 heavy (non-hydrogen) atoms. The summed E-state index contributed by atoms with van der Waals surface area (Å²) in [6.07, 6.45) is 2.75. The number of carbonyl (C=O) groups is 1. The van der Waals surface area contributed by atoms with Crippen LogP contribution in [0, 0.1) is 5.92 Å². The minimum absolute atomic E-state index is 0.0404. The van der Waals surface area contributed by atoms with Crippen LogP contribution in [0.5, 0.6) is 11.5 Å². The number of nitrogens with zero attached hydrogens (tertiary/aromatic N) is 2. The number of rotatable bonds is 11. The van der Waals surface area contributed by atoms with Gasteiger partial charge in [0.05, 0.1) is 25.8 Å². The molecule has 8 nitrogen and oxygen atoms in total. The third-order valence-electron chi connectivity index (χ3n) is 4.62. The fraction of sp³-hybridized carbons (Fsp3) is 0.455. The van der Waals surface area contributed by atoms with Crippen molar-refractivity contribution in [1.82, 2.24) is 14.6 Å². The Hall–Kier alpha value is -2.65. The second kappa shape index (κ2) is 11.1. The van der Waals surface area contributed by atoms with E-state index in [2.05, 4.69) is 10.3 Å². The van der Waals surface area contributed by atoms with E-state index in [9.17, 15) is 13.2 Å². The van der Waals surface area contributed by atoms with E-state index in [0.717, 1.165) is 9.87 Å². The monoisotopic (exact) mass is 449 g/mol. The fourth-order valence-electron chi connectivity index (χ4n) is 3.08. The molecule has 2 rings (SSSR count). The van der Waals surface area contributed by atoms with Crippen molar-refractivity contribution in [3.8, 4) is 11.5 Å². The maximum Gasteiger partial charge on any atom is 0.244 e. The quantitative estimate of drug-likeness (QED) is 0.566. The van der Waals surface area contributed by atoms with Gasteiger partial charge in [0.1, 0.15) is 4.90 Å². The van der Waals surface area contributed by atoms with Crippen LogP contribution in [0.1, 0.15) is 39.3 Å². The van der Waals surface area contributed by atoms with Crippen molar-refractivity contribution >= 4 is 15.9 Å².